The first-order chi connectivity index (χ1) is 11.2. The summed E-state index contributed by atoms with van der Waals surface area (Å²) < 4.78 is 0. The highest BCUT2D eigenvalue weighted by Crippen LogP contribution is 2.22. The summed E-state index contributed by atoms with van der Waals surface area (Å²) in [6.07, 6.45) is 1.10. The summed E-state index contributed by atoms with van der Waals surface area (Å²) in [6, 6.07) is 23.8. The fraction of sp³-hybridized carbons (Fsp3) is 0.150. The molecule has 2 aromatic carbocycles. The molecule has 0 aliphatic carbocycles. The lowest BCUT2D eigenvalue weighted by Crippen LogP contribution is -2.17. The maximum Gasteiger partial charge on any atom is 0.128 e. The molecule has 0 amide bonds. The van der Waals surface area contributed by atoms with Crippen LogP contribution in [0, 0.1) is 0 Å². The van der Waals surface area contributed by atoms with Gasteiger partial charge in [-0.2, -0.15) is 0 Å². The van der Waals surface area contributed by atoms with E-state index in [0.717, 1.165) is 23.5 Å². The van der Waals surface area contributed by atoms with Gasteiger partial charge in [-0.25, -0.2) is 4.98 Å². The average molecular weight is 304 g/mol. The van der Waals surface area contributed by atoms with Gasteiger partial charge in [-0.05, 0) is 17.2 Å². The number of rotatable bonds is 5. The van der Waals surface area contributed by atoms with Gasteiger partial charge in [0.25, 0.3) is 0 Å². The molecule has 1 aromatic heterocycles. The molecular formula is C20H20N2O. The molecule has 0 saturated carbocycles. The third-order valence-electron chi connectivity index (χ3n) is 3.86. The Hall–Kier alpha value is -2.65. The van der Waals surface area contributed by atoms with Crippen molar-refractivity contribution in [1.82, 2.24) is 4.98 Å². The van der Waals surface area contributed by atoms with E-state index in [0.29, 0.717) is 0 Å². The Balaban J connectivity index is 1.72. The summed E-state index contributed by atoms with van der Waals surface area (Å²) in [5, 5.41) is 10.4. The molecule has 116 valence electrons. The van der Waals surface area contributed by atoms with Gasteiger partial charge >= 0.3 is 0 Å². The SMILES string of the molecule is CN(Cc1ccccc1)c1ccc([C@@H](O)c2ccccc2)cn1. The van der Waals surface area contributed by atoms with Crippen molar-refractivity contribution < 1.29 is 5.11 Å². The van der Waals surface area contributed by atoms with Crippen LogP contribution in [0.25, 0.3) is 0 Å². The summed E-state index contributed by atoms with van der Waals surface area (Å²) in [7, 11) is 2.02. The quantitative estimate of drug-likeness (QED) is 0.779. The van der Waals surface area contributed by atoms with Crippen molar-refractivity contribution in [2.75, 3.05) is 11.9 Å². The molecule has 0 aliphatic heterocycles. The lowest BCUT2D eigenvalue weighted by molar-refractivity contribution is 0.220. The monoisotopic (exact) mass is 304 g/mol. The number of aliphatic hydroxyl groups excluding tert-OH is 1. The highest BCUT2D eigenvalue weighted by molar-refractivity contribution is 5.41. The van der Waals surface area contributed by atoms with E-state index in [1.165, 1.54) is 5.56 Å². The molecule has 3 rings (SSSR count). The third-order valence-corrected chi connectivity index (χ3v) is 3.86. The van der Waals surface area contributed by atoms with Crippen LogP contribution in [0.3, 0.4) is 0 Å². The van der Waals surface area contributed by atoms with Gasteiger partial charge in [0.1, 0.15) is 11.9 Å². The molecule has 0 aliphatic rings. The first-order valence-electron chi connectivity index (χ1n) is 7.68. The third kappa shape index (κ3) is 3.76. The van der Waals surface area contributed by atoms with E-state index in [1.807, 2.05) is 67.7 Å². The molecule has 0 saturated heterocycles. The van der Waals surface area contributed by atoms with Gasteiger partial charge in [0.05, 0.1) is 0 Å². The molecular weight excluding hydrogens is 284 g/mol. The predicted molar refractivity (Wildman–Crippen MR) is 93.3 cm³/mol. The molecule has 0 radical (unpaired) electrons. The summed E-state index contributed by atoms with van der Waals surface area (Å²) in [4.78, 5) is 6.58. The fourth-order valence-electron chi connectivity index (χ4n) is 2.55. The summed E-state index contributed by atoms with van der Waals surface area (Å²) in [5.41, 5.74) is 2.91. The molecule has 23 heavy (non-hydrogen) atoms. The lowest BCUT2D eigenvalue weighted by Gasteiger charge is -2.19. The number of aliphatic hydroxyl groups is 1. The van der Waals surface area contributed by atoms with Gasteiger partial charge in [-0.15, -0.1) is 0 Å². The molecule has 0 unspecified atom stereocenters. The number of nitrogens with zero attached hydrogens (tertiary/aromatic N) is 2. The van der Waals surface area contributed by atoms with Crippen LogP contribution < -0.4 is 4.90 Å². The first kappa shape index (κ1) is 15.3. The standard InChI is InChI=1S/C20H20N2O/c1-22(15-16-8-4-2-5-9-16)19-13-12-18(14-21-19)20(23)17-10-6-3-7-11-17/h2-14,20,23H,15H2,1H3/t20-/m0/s1. The summed E-state index contributed by atoms with van der Waals surface area (Å²) in [5.74, 6) is 0.887. The molecule has 0 bridgehead atoms. The molecule has 1 atom stereocenters. The summed E-state index contributed by atoms with van der Waals surface area (Å²) in [6.45, 7) is 0.800. The van der Waals surface area contributed by atoms with Crippen molar-refractivity contribution in [1.29, 1.82) is 0 Å². The Bertz CT molecular complexity index is 727. The molecule has 1 heterocycles. The molecule has 3 heteroatoms. The minimum Gasteiger partial charge on any atom is -0.384 e. The van der Waals surface area contributed by atoms with Gasteiger partial charge in [0.15, 0.2) is 0 Å². The van der Waals surface area contributed by atoms with Crippen molar-refractivity contribution >= 4 is 5.82 Å². The van der Waals surface area contributed by atoms with Gasteiger partial charge in [0.2, 0.25) is 0 Å². The number of benzene rings is 2. The van der Waals surface area contributed by atoms with E-state index < -0.39 is 6.10 Å². The van der Waals surface area contributed by atoms with E-state index in [9.17, 15) is 5.11 Å². The van der Waals surface area contributed by atoms with Crippen molar-refractivity contribution in [3.63, 3.8) is 0 Å². The topological polar surface area (TPSA) is 36.4 Å². The molecule has 3 nitrogen and oxygen atoms in total. The normalized spacial score (nSPS) is 11.9. The maximum atomic E-state index is 10.4. The number of hydrogen-bond donors (Lipinski definition) is 1. The van der Waals surface area contributed by atoms with Gasteiger partial charge in [-0.3, -0.25) is 0 Å². The van der Waals surface area contributed by atoms with E-state index in [2.05, 4.69) is 22.0 Å². The number of pyridine rings is 1. The minimum absolute atomic E-state index is 0.642. The van der Waals surface area contributed by atoms with Crippen LogP contribution >= 0.6 is 0 Å². The van der Waals surface area contributed by atoms with Crippen molar-refractivity contribution in [3.05, 3.63) is 95.7 Å². The zero-order valence-electron chi connectivity index (χ0n) is 13.1. The van der Waals surface area contributed by atoms with Crippen LogP contribution in [0.5, 0.6) is 0 Å². The van der Waals surface area contributed by atoms with Crippen LogP contribution in [-0.4, -0.2) is 17.1 Å². The van der Waals surface area contributed by atoms with Crippen molar-refractivity contribution in [2.24, 2.45) is 0 Å². The Morgan fingerprint density at radius 1 is 0.870 bits per heavy atom. The van der Waals surface area contributed by atoms with Crippen LogP contribution in [-0.2, 0) is 6.54 Å². The molecule has 0 spiro atoms. The van der Waals surface area contributed by atoms with Crippen molar-refractivity contribution in [3.8, 4) is 0 Å². The Labute approximate surface area is 136 Å². The van der Waals surface area contributed by atoms with E-state index in [-0.39, 0.29) is 0 Å². The van der Waals surface area contributed by atoms with Crippen LogP contribution in [0.4, 0.5) is 5.82 Å². The van der Waals surface area contributed by atoms with Gasteiger partial charge < -0.3 is 10.0 Å². The minimum atomic E-state index is -0.642. The Morgan fingerprint density at radius 3 is 2.13 bits per heavy atom. The van der Waals surface area contributed by atoms with Gasteiger partial charge in [-0.1, -0.05) is 66.7 Å². The second-order valence-corrected chi connectivity index (χ2v) is 5.60. The largest absolute Gasteiger partial charge is 0.384 e. The van der Waals surface area contributed by atoms with E-state index in [1.54, 1.807) is 6.20 Å². The van der Waals surface area contributed by atoms with Crippen LogP contribution in [0.15, 0.2) is 79.0 Å². The molecule has 1 N–H and O–H groups in total. The molecule has 0 fully saturated rings. The van der Waals surface area contributed by atoms with Gasteiger partial charge in [0, 0.05) is 25.4 Å². The predicted octanol–water partition coefficient (Wildman–Crippen LogP) is 3.80. The number of hydrogen-bond acceptors (Lipinski definition) is 3. The zero-order valence-corrected chi connectivity index (χ0v) is 13.1. The Kier molecular flexibility index (Phi) is 4.69. The highest BCUT2D eigenvalue weighted by atomic mass is 16.3. The number of aromatic nitrogens is 1. The highest BCUT2D eigenvalue weighted by Gasteiger charge is 2.11. The fourth-order valence-corrected chi connectivity index (χ4v) is 2.55. The molecule has 3 aromatic rings. The van der Waals surface area contributed by atoms with E-state index in [4.69, 9.17) is 0 Å². The smallest absolute Gasteiger partial charge is 0.128 e. The first-order valence-corrected chi connectivity index (χ1v) is 7.68. The second-order valence-electron chi connectivity index (χ2n) is 5.60. The summed E-state index contributed by atoms with van der Waals surface area (Å²) >= 11 is 0. The zero-order chi connectivity index (χ0) is 16.1. The maximum absolute atomic E-state index is 10.4. The van der Waals surface area contributed by atoms with Crippen LogP contribution in [0.1, 0.15) is 22.8 Å². The average Bonchev–Trinajstić information content (AvgIpc) is 2.63. The van der Waals surface area contributed by atoms with E-state index >= 15 is 0 Å². The second kappa shape index (κ2) is 7.07. The lowest BCUT2D eigenvalue weighted by atomic mass is 10.0. The Morgan fingerprint density at radius 2 is 1.52 bits per heavy atom. The van der Waals surface area contributed by atoms with Crippen LogP contribution in [0.2, 0.25) is 0 Å². The number of anilines is 1. The van der Waals surface area contributed by atoms with Crippen molar-refractivity contribution in [2.45, 2.75) is 12.6 Å².